The Labute approximate surface area is 111 Å². The summed E-state index contributed by atoms with van der Waals surface area (Å²) >= 11 is 4.60. The van der Waals surface area contributed by atoms with Crippen LogP contribution in [0.4, 0.5) is 0 Å². The molecular formula is C9H16ClNOS3. The van der Waals surface area contributed by atoms with Crippen molar-refractivity contribution in [1.82, 2.24) is 0 Å². The summed E-state index contributed by atoms with van der Waals surface area (Å²) in [6.07, 6.45) is 7.04. The van der Waals surface area contributed by atoms with Crippen molar-refractivity contribution in [2.45, 2.75) is 30.9 Å². The van der Waals surface area contributed by atoms with Crippen molar-refractivity contribution < 1.29 is 4.74 Å². The van der Waals surface area contributed by atoms with Crippen LogP contribution in [0.1, 0.15) is 25.7 Å². The van der Waals surface area contributed by atoms with Gasteiger partial charge in [0, 0.05) is 5.25 Å². The largest absolute Gasteiger partial charge is 0.471 e. The lowest BCUT2D eigenvalue weighted by Crippen LogP contribution is -2.13. The maximum atomic E-state index is 5.20. The van der Waals surface area contributed by atoms with E-state index >= 15 is 0 Å². The molecule has 0 saturated carbocycles. The van der Waals surface area contributed by atoms with E-state index in [-0.39, 0.29) is 17.6 Å². The van der Waals surface area contributed by atoms with Gasteiger partial charge in [-0.3, -0.25) is 0 Å². The fourth-order valence-corrected chi connectivity index (χ4v) is 3.54. The molecule has 0 aromatic carbocycles. The Bertz CT molecular complexity index is 214. The zero-order valence-corrected chi connectivity index (χ0v) is 11.7. The van der Waals surface area contributed by atoms with E-state index in [9.17, 15) is 0 Å². The molecule has 1 atom stereocenters. The topological polar surface area (TPSA) is 35.2 Å². The predicted molar refractivity (Wildman–Crippen MR) is 76.6 cm³/mol. The SMILES string of the molecule is Cl.NC(=S)OCCCCC[C@@H]1C=CSS1. The molecular weight excluding hydrogens is 270 g/mol. The third-order valence-corrected chi connectivity index (χ3v) is 4.45. The molecule has 1 aliphatic heterocycles. The summed E-state index contributed by atoms with van der Waals surface area (Å²) in [6, 6.07) is 0. The van der Waals surface area contributed by atoms with E-state index in [0.717, 1.165) is 11.7 Å². The van der Waals surface area contributed by atoms with E-state index in [2.05, 4.69) is 23.7 Å². The maximum absolute atomic E-state index is 5.20. The van der Waals surface area contributed by atoms with Gasteiger partial charge < -0.3 is 10.5 Å². The molecule has 15 heavy (non-hydrogen) atoms. The Kier molecular flexibility index (Phi) is 9.90. The molecule has 0 aliphatic carbocycles. The summed E-state index contributed by atoms with van der Waals surface area (Å²) < 4.78 is 5.00. The second kappa shape index (κ2) is 9.63. The highest BCUT2D eigenvalue weighted by Crippen LogP contribution is 2.37. The van der Waals surface area contributed by atoms with Crippen molar-refractivity contribution in [3.05, 3.63) is 11.5 Å². The molecule has 1 rings (SSSR count). The molecule has 0 aromatic heterocycles. The molecule has 2 N–H and O–H groups in total. The van der Waals surface area contributed by atoms with Gasteiger partial charge in [0.25, 0.3) is 5.17 Å². The van der Waals surface area contributed by atoms with Crippen molar-refractivity contribution in [2.24, 2.45) is 5.73 Å². The first kappa shape index (κ1) is 15.4. The number of nitrogens with two attached hydrogens (primary N) is 1. The molecule has 0 unspecified atom stereocenters. The minimum absolute atomic E-state index is 0. The smallest absolute Gasteiger partial charge is 0.253 e. The lowest BCUT2D eigenvalue weighted by atomic mass is 10.1. The highest BCUT2D eigenvalue weighted by Gasteiger charge is 2.09. The van der Waals surface area contributed by atoms with Crippen molar-refractivity contribution in [3.8, 4) is 0 Å². The minimum Gasteiger partial charge on any atom is -0.471 e. The number of halogens is 1. The highest BCUT2D eigenvalue weighted by atomic mass is 35.5. The Balaban J connectivity index is 0.00000196. The third-order valence-electron chi connectivity index (χ3n) is 1.91. The van der Waals surface area contributed by atoms with Crippen LogP contribution in [0.2, 0.25) is 0 Å². The van der Waals surface area contributed by atoms with Crippen molar-refractivity contribution >= 4 is 51.4 Å². The summed E-state index contributed by atoms with van der Waals surface area (Å²) in [4.78, 5) is 0. The van der Waals surface area contributed by atoms with Gasteiger partial charge in [-0.1, -0.05) is 40.5 Å². The number of rotatable bonds is 6. The third kappa shape index (κ3) is 8.25. The molecule has 6 heteroatoms. The van der Waals surface area contributed by atoms with Crippen LogP contribution in [0.25, 0.3) is 0 Å². The number of hydrogen-bond donors (Lipinski definition) is 1. The fourth-order valence-electron chi connectivity index (χ4n) is 1.20. The van der Waals surface area contributed by atoms with Gasteiger partial charge in [-0.05, 0) is 30.5 Å². The molecule has 0 fully saturated rings. The Hall–Kier alpha value is 0.420. The fraction of sp³-hybridized carbons (Fsp3) is 0.667. The van der Waals surface area contributed by atoms with Crippen LogP contribution in [0.5, 0.6) is 0 Å². The van der Waals surface area contributed by atoms with Gasteiger partial charge in [0.2, 0.25) is 0 Å². The molecule has 0 saturated heterocycles. The molecule has 0 aromatic rings. The summed E-state index contributed by atoms with van der Waals surface area (Å²) in [7, 11) is 3.78. The number of hydrogen-bond acceptors (Lipinski definition) is 4. The van der Waals surface area contributed by atoms with Crippen molar-refractivity contribution in [3.63, 3.8) is 0 Å². The molecule has 1 aliphatic rings. The van der Waals surface area contributed by atoms with Crippen LogP contribution in [0, 0.1) is 0 Å². The monoisotopic (exact) mass is 285 g/mol. The molecule has 0 radical (unpaired) electrons. The van der Waals surface area contributed by atoms with E-state index < -0.39 is 0 Å². The van der Waals surface area contributed by atoms with Crippen LogP contribution in [-0.2, 0) is 4.74 Å². The molecule has 0 spiro atoms. The lowest BCUT2D eigenvalue weighted by molar-refractivity contribution is 0.296. The second-order valence-corrected chi connectivity index (χ2v) is 5.90. The van der Waals surface area contributed by atoms with Crippen LogP contribution in [0.3, 0.4) is 0 Å². The first-order chi connectivity index (χ1) is 6.79. The Morgan fingerprint density at radius 2 is 2.20 bits per heavy atom. The molecule has 2 nitrogen and oxygen atoms in total. The van der Waals surface area contributed by atoms with Crippen LogP contribution in [-0.4, -0.2) is 17.0 Å². The van der Waals surface area contributed by atoms with E-state index in [1.54, 1.807) is 0 Å². The highest BCUT2D eigenvalue weighted by molar-refractivity contribution is 8.78. The first-order valence-electron chi connectivity index (χ1n) is 4.70. The van der Waals surface area contributed by atoms with Gasteiger partial charge in [-0.15, -0.1) is 12.4 Å². The van der Waals surface area contributed by atoms with Crippen molar-refractivity contribution in [1.29, 1.82) is 0 Å². The van der Waals surface area contributed by atoms with E-state index in [0.29, 0.717) is 6.61 Å². The zero-order valence-electron chi connectivity index (χ0n) is 8.39. The van der Waals surface area contributed by atoms with Gasteiger partial charge in [-0.2, -0.15) is 0 Å². The summed E-state index contributed by atoms with van der Waals surface area (Å²) in [5.41, 5.74) is 5.20. The summed E-state index contributed by atoms with van der Waals surface area (Å²) in [5.74, 6) is 0. The lowest BCUT2D eigenvalue weighted by Gasteiger charge is -2.06. The standard InChI is InChI=1S/C9H15NOS3.ClH/c10-9(12)11-6-3-1-2-4-8-5-7-13-14-8;/h5,7-8H,1-4,6H2,(H2,10,12);1H/t8-;/m1./s1. The minimum atomic E-state index is 0. The summed E-state index contributed by atoms with van der Waals surface area (Å²) in [6.45, 7) is 0.664. The molecule has 0 bridgehead atoms. The van der Waals surface area contributed by atoms with E-state index in [4.69, 9.17) is 10.5 Å². The van der Waals surface area contributed by atoms with Crippen LogP contribution >= 0.6 is 46.2 Å². The van der Waals surface area contributed by atoms with Gasteiger partial charge >= 0.3 is 0 Å². The quantitative estimate of drug-likeness (QED) is 0.459. The van der Waals surface area contributed by atoms with E-state index in [1.807, 2.05) is 21.6 Å². The first-order valence-corrected chi connectivity index (χ1v) is 7.38. The maximum Gasteiger partial charge on any atom is 0.253 e. The average molecular weight is 286 g/mol. The molecule has 1 heterocycles. The van der Waals surface area contributed by atoms with E-state index in [1.165, 1.54) is 19.3 Å². The Morgan fingerprint density at radius 3 is 2.80 bits per heavy atom. The summed E-state index contributed by atoms with van der Waals surface area (Å²) in [5, 5.41) is 3.05. The predicted octanol–water partition coefficient (Wildman–Crippen LogP) is 3.51. The molecule has 88 valence electrons. The van der Waals surface area contributed by atoms with Gasteiger partial charge in [0.15, 0.2) is 0 Å². The zero-order chi connectivity index (χ0) is 10.2. The van der Waals surface area contributed by atoms with Gasteiger partial charge in [-0.25, -0.2) is 0 Å². The Morgan fingerprint density at radius 1 is 1.40 bits per heavy atom. The normalized spacial score (nSPS) is 18.5. The van der Waals surface area contributed by atoms with Crippen LogP contribution < -0.4 is 5.73 Å². The number of unbranched alkanes of at least 4 members (excludes halogenated alkanes) is 2. The molecule has 0 amide bonds. The van der Waals surface area contributed by atoms with Crippen molar-refractivity contribution in [2.75, 3.05) is 6.61 Å². The average Bonchev–Trinajstić information content (AvgIpc) is 2.63. The number of ether oxygens (including phenoxy) is 1. The van der Waals surface area contributed by atoms with Gasteiger partial charge in [0.1, 0.15) is 0 Å². The van der Waals surface area contributed by atoms with Gasteiger partial charge in [0.05, 0.1) is 6.61 Å². The second-order valence-electron chi connectivity index (χ2n) is 3.08. The number of thiocarbonyl (C=S) groups is 1. The van der Waals surface area contributed by atoms with Crippen LogP contribution in [0.15, 0.2) is 11.5 Å².